The molecule has 1 unspecified atom stereocenters. The van der Waals surface area contributed by atoms with Crippen molar-refractivity contribution in [3.8, 4) is 0 Å². The van der Waals surface area contributed by atoms with Crippen LogP contribution in [0.5, 0.6) is 0 Å². The fraction of sp³-hybridized carbons (Fsp3) is 0.889. The van der Waals surface area contributed by atoms with E-state index in [4.69, 9.17) is 5.11 Å². The molecule has 11 heteroatoms. The zero-order chi connectivity index (χ0) is 16.6. The van der Waals surface area contributed by atoms with Crippen molar-refractivity contribution in [1.82, 2.24) is 0 Å². The maximum Gasteiger partial charge on any atom is 0.412 e. The Morgan fingerprint density at radius 2 is 1.20 bits per heavy atom. The summed E-state index contributed by atoms with van der Waals surface area (Å²) in [5.74, 6) is -6.51. The third-order valence-electron chi connectivity index (χ3n) is 2.74. The Morgan fingerprint density at radius 3 is 1.35 bits per heavy atom. The number of aliphatic carboxylic acids is 1. The third-order valence-corrected chi connectivity index (χ3v) is 2.74. The van der Waals surface area contributed by atoms with Gasteiger partial charge in [0, 0.05) is 0 Å². The molecule has 20 heavy (non-hydrogen) atoms. The summed E-state index contributed by atoms with van der Waals surface area (Å²) in [6.07, 6.45) is -22.6. The van der Waals surface area contributed by atoms with Crippen LogP contribution in [0, 0.1) is 11.3 Å². The second kappa shape index (κ2) is 5.32. The van der Waals surface area contributed by atoms with Gasteiger partial charge >= 0.3 is 24.5 Å². The molecule has 0 saturated heterocycles. The summed E-state index contributed by atoms with van der Waals surface area (Å²) in [6, 6.07) is 0. The van der Waals surface area contributed by atoms with Gasteiger partial charge in [-0.2, -0.15) is 39.5 Å². The van der Waals surface area contributed by atoms with E-state index in [1.807, 2.05) is 0 Å². The molecule has 0 amide bonds. The number of alkyl halides is 9. The fourth-order valence-electron chi connectivity index (χ4n) is 1.89. The van der Waals surface area contributed by atoms with E-state index in [0.29, 0.717) is 0 Å². The van der Waals surface area contributed by atoms with E-state index in [2.05, 4.69) is 0 Å². The largest absolute Gasteiger partial charge is 0.481 e. The van der Waals surface area contributed by atoms with Gasteiger partial charge in [0.05, 0.1) is 5.92 Å². The first kappa shape index (κ1) is 18.8. The van der Waals surface area contributed by atoms with Crippen molar-refractivity contribution < 1.29 is 49.4 Å². The molecule has 0 radical (unpaired) electrons. The van der Waals surface area contributed by atoms with Crippen LogP contribution in [0.15, 0.2) is 0 Å². The monoisotopic (exact) mass is 320 g/mol. The van der Waals surface area contributed by atoms with E-state index < -0.39 is 48.7 Å². The molecule has 1 N–H and O–H groups in total. The van der Waals surface area contributed by atoms with E-state index in [1.54, 1.807) is 0 Å². The molecular formula is C9H9F9O2. The molecular weight excluding hydrogens is 311 g/mol. The quantitative estimate of drug-likeness (QED) is 0.790. The molecule has 2 nitrogen and oxygen atoms in total. The molecule has 0 fully saturated rings. The molecule has 0 spiro atoms. The van der Waals surface area contributed by atoms with Gasteiger partial charge in [0.25, 0.3) is 5.41 Å². The summed E-state index contributed by atoms with van der Waals surface area (Å²) < 4.78 is 113. The van der Waals surface area contributed by atoms with Gasteiger partial charge in [0.1, 0.15) is 0 Å². The van der Waals surface area contributed by atoms with Gasteiger partial charge in [-0.3, -0.25) is 4.79 Å². The van der Waals surface area contributed by atoms with Crippen LogP contribution in [0.2, 0.25) is 0 Å². The number of carboxylic acid groups (broad SMARTS) is 1. The molecule has 0 aromatic rings. The van der Waals surface area contributed by atoms with Crippen LogP contribution in [0.1, 0.15) is 19.8 Å². The molecule has 0 saturated carbocycles. The molecule has 120 valence electrons. The second-order valence-electron chi connectivity index (χ2n) is 3.98. The van der Waals surface area contributed by atoms with Gasteiger partial charge in [-0.1, -0.05) is 13.3 Å². The van der Waals surface area contributed by atoms with Crippen molar-refractivity contribution in [3.63, 3.8) is 0 Å². The normalized spacial score (nSPS) is 16.1. The zero-order valence-electron chi connectivity index (χ0n) is 9.75. The average Bonchev–Trinajstić information content (AvgIpc) is 2.09. The highest BCUT2D eigenvalue weighted by Gasteiger charge is 2.87. The van der Waals surface area contributed by atoms with E-state index in [9.17, 15) is 44.3 Å². The van der Waals surface area contributed by atoms with Gasteiger partial charge in [-0.25, -0.2) is 0 Å². The van der Waals surface area contributed by atoms with Gasteiger partial charge in [0.2, 0.25) is 0 Å². The van der Waals surface area contributed by atoms with Crippen LogP contribution in [0.25, 0.3) is 0 Å². The first-order chi connectivity index (χ1) is 8.64. The Morgan fingerprint density at radius 1 is 0.900 bits per heavy atom. The van der Waals surface area contributed by atoms with Gasteiger partial charge in [0.15, 0.2) is 0 Å². The first-order valence-electron chi connectivity index (χ1n) is 5.07. The van der Waals surface area contributed by atoms with Crippen LogP contribution in [-0.4, -0.2) is 29.6 Å². The molecule has 0 bridgehead atoms. The van der Waals surface area contributed by atoms with Gasteiger partial charge in [-0.05, 0) is 6.42 Å². The number of hydrogen-bond acceptors (Lipinski definition) is 1. The highest BCUT2D eigenvalue weighted by molar-refractivity contribution is 5.71. The van der Waals surface area contributed by atoms with Crippen LogP contribution in [-0.2, 0) is 4.79 Å². The lowest BCUT2D eigenvalue weighted by Crippen LogP contribution is -2.65. The minimum Gasteiger partial charge on any atom is -0.481 e. The third kappa shape index (κ3) is 2.80. The van der Waals surface area contributed by atoms with Crippen LogP contribution in [0.3, 0.4) is 0 Å². The van der Waals surface area contributed by atoms with Crippen LogP contribution < -0.4 is 0 Å². The lowest BCUT2D eigenvalue weighted by atomic mass is 9.71. The zero-order valence-corrected chi connectivity index (χ0v) is 9.75. The van der Waals surface area contributed by atoms with Gasteiger partial charge < -0.3 is 5.11 Å². The summed E-state index contributed by atoms with van der Waals surface area (Å²) >= 11 is 0. The van der Waals surface area contributed by atoms with Crippen molar-refractivity contribution in [1.29, 1.82) is 0 Å². The summed E-state index contributed by atoms with van der Waals surface area (Å²) in [6.45, 7) is 0.976. The lowest BCUT2D eigenvalue weighted by Gasteiger charge is -2.42. The summed E-state index contributed by atoms with van der Waals surface area (Å²) in [5.41, 5.74) is -6.30. The van der Waals surface area contributed by atoms with E-state index in [1.165, 1.54) is 0 Å². The van der Waals surface area contributed by atoms with Crippen molar-refractivity contribution in [3.05, 3.63) is 0 Å². The van der Waals surface area contributed by atoms with Crippen molar-refractivity contribution in [2.45, 2.75) is 38.3 Å². The fourth-order valence-corrected chi connectivity index (χ4v) is 1.89. The summed E-state index contributed by atoms with van der Waals surface area (Å²) in [5, 5.41) is 8.43. The molecule has 0 aromatic heterocycles. The van der Waals surface area contributed by atoms with E-state index in [0.717, 1.165) is 6.92 Å². The first-order valence-corrected chi connectivity index (χ1v) is 5.07. The number of halogens is 9. The predicted octanol–water partition coefficient (Wildman–Crippen LogP) is 4.16. The highest BCUT2D eigenvalue weighted by Crippen LogP contribution is 2.64. The number of rotatable bonds is 4. The minimum absolute atomic E-state index is 0.596. The topological polar surface area (TPSA) is 37.3 Å². The second-order valence-corrected chi connectivity index (χ2v) is 3.98. The van der Waals surface area contributed by atoms with Crippen molar-refractivity contribution >= 4 is 5.97 Å². The molecule has 0 aliphatic heterocycles. The van der Waals surface area contributed by atoms with E-state index in [-0.39, 0.29) is 0 Å². The number of carbonyl (C=O) groups is 1. The van der Waals surface area contributed by atoms with Gasteiger partial charge in [-0.15, -0.1) is 0 Å². The molecule has 0 aliphatic carbocycles. The maximum absolute atomic E-state index is 12.6. The Bertz CT molecular complexity index is 316. The lowest BCUT2D eigenvalue weighted by molar-refractivity contribution is -0.440. The van der Waals surface area contributed by atoms with Crippen molar-refractivity contribution in [2.75, 3.05) is 0 Å². The molecule has 1 atom stereocenters. The molecule has 0 rings (SSSR count). The highest BCUT2D eigenvalue weighted by atomic mass is 19.4. The standard InChI is InChI=1S/C9H9F9O2/c1-2-3-4(5(19)20)6(7(10,11)12,8(13,14)15)9(16,17)18/h4H,2-3H2,1H3,(H,19,20). The average molecular weight is 320 g/mol. The maximum atomic E-state index is 12.6. The number of carboxylic acids is 1. The van der Waals surface area contributed by atoms with Crippen LogP contribution in [0.4, 0.5) is 39.5 Å². The molecule has 0 aliphatic rings. The Labute approximate surface area is 106 Å². The van der Waals surface area contributed by atoms with Crippen LogP contribution >= 0.6 is 0 Å². The van der Waals surface area contributed by atoms with Crippen molar-refractivity contribution in [2.24, 2.45) is 11.3 Å². The number of hydrogen-bond donors (Lipinski definition) is 1. The Hall–Kier alpha value is -1.16. The SMILES string of the molecule is CCCC(C(=O)O)C(C(F)(F)F)(C(F)(F)F)C(F)(F)F. The Kier molecular flexibility index (Phi) is 5.01. The summed E-state index contributed by atoms with van der Waals surface area (Å²) in [4.78, 5) is 10.6. The molecule has 0 heterocycles. The summed E-state index contributed by atoms with van der Waals surface area (Å²) in [7, 11) is 0. The minimum atomic E-state index is -6.85. The predicted molar refractivity (Wildman–Crippen MR) is 46.6 cm³/mol. The van der Waals surface area contributed by atoms with E-state index >= 15 is 0 Å². The Balaban J connectivity index is 6.51. The smallest absolute Gasteiger partial charge is 0.412 e. The molecule has 0 aromatic carbocycles.